The largest absolute Gasteiger partial charge is 0.488 e. The molecule has 5 rings (SSSR count). The van der Waals surface area contributed by atoms with Crippen molar-refractivity contribution in [3.8, 4) is 5.75 Å². The van der Waals surface area contributed by atoms with Crippen molar-refractivity contribution in [2.24, 2.45) is 5.92 Å². The van der Waals surface area contributed by atoms with Crippen molar-refractivity contribution < 1.29 is 26.3 Å². The van der Waals surface area contributed by atoms with Crippen molar-refractivity contribution >= 4 is 21.4 Å². The number of nitrogens with zero attached hydrogens (tertiary/aromatic N) is 5. The van der Waals surface area contributed by atoms with E-state index < -0.39 is 21.9 Å². The molecule has 0 spiro atoms. The van der Waals surface area contributed by atoms with Gasteiger partial charge in [-0.3, -0.25) is 4.98 Å². The molecular weight excluding hydrogens is 483 g/mol. The van der Waals surface area contributed by atoms with Gasteiger partial charge in [-0.1, -0.05) is 6.08 Å². The number of ether oxygens (including phenoxy) is 1. The molecule has 0 N–H and O–H groups in total. The number of sulfonamides is 1. The molecule has 0 saturated carbocycles. The van der Waals surface area contributed by atoms with Crippen LogP contribution in [0.15, 0.2) is 30.7 Å². The minimum atomic E-state index is -4.49. The van der Waals surface area contributed by atoms with E-state index in [1.54, 1.807) is 6.20 Å². The lowest BCUT2D eigenvalue weighted by atomic mass is 9.89. The molecule has 5 heterocycles. The summed E-state index contributed by atoms with van der Waals surface area (Å²) in [5.74, 6) is 1.56. The van der Waals surface area contributed by atoms with Gasteiger partial charge in [0.2, 0.25) is 10.0 Å². The van der Waals surface area contributed by atoms with Crippen LogP contribution in [-0.2, 0) is 22.6 Å². The monoisotopic (exact) mass is 509 g/mol. The molecule has 1 atom stereocenters. The molecular formula is C23H26F3N5O3S. The summed E-state index contributed by atoms with van der Waals surface area (Å²) in [5.41, 5.74) is 2.01. The Morgan fingerprint density at radius 3 is 2.43 bits per heavy atom. The number of halogens is 3. The lowest BCUT2D eigenvalue weighted by Gasteiger charge is -2.34. The topological polar surface area (TPSA) is 88.5 Å². The second-order valence-corrected chi connectivity index (χ2v) is 11.2. The maximum atomic E-state index is 12.7. The van der Waals surface area contributed by atoms with E-state index in [2.05, 4.69) is 15.0 Å². The van der Waals surface area contributed by atoms with Crippen molar-refractivity contribution in [3.63, 3.8) is 0 Å². The van der Waals surface area contributed by atoms with E-state index in [0.717, 1.165) is 48.0 Å². The fraction of sp³-hybridized carbons (Fsp3) is 0.522. The Balaban J connectivity index is 1.18. The summed E-state index contributed by atoms with van der Waals surface area (Å²) in [4.78, 5) is 14.0. The zero-order valence-corrected chi connectivity index (χ0v) is 20.0. The third-order valence-electron chi connectivity index (χ3n) is 6.94. The van der Waals surface area contributed by atoms with Gasteiger partial charge in [-0.05, 0) is 36.8 Å². The van der Waals surface area contributed by atoms with Gasteiger partial charge in [0.25, 0.3) is 0 Å². The van der Waals surface area contributed by atoms with E-state index in [4.69, 9.17) is 4.74 Å². The van der Waals surface area contributed by atoms with Crippen LogP contribution < -0.4 is 9.64 Å². The van der Waals surface area contributed by atoms with Gasteiger partial charge < -0.3 is 9.64 Å². The van der Waals surface area contributed by atoms with Crippen LogP contribution in [0.4, 0.5) is 19.0 Å². The molecule has 0 unspecified atom stereocenters. The van der Waals surface area contributed by atoms with Gasteiger partial charge in [0.05, 0.1) is 30.5 Å². The fourth-order valence-corrected chi connectivity index (χ4v) is 5.69. The number of pyridine rings is 1. The van der Waals surface area contributed by atoms with Crippen LogP contribution >= 0.6 is 0 Å². The normalized spacial score (nSPS) is 22.0. The number of hydrogen-bond acceptors (Lipinski definition) is 7. The standard InChI is InChI=1S/C23H26F3N5O3S/c1-35(32,33)31-8-4-15(5-9-31)18-10-17-11-19(34-20(17)12-27-18)16-2-6-30(7-3-16)22-14-28-21(13-29-22)23(24,25)26/h4,10,12-14,16,19H,2-3,5-9,11H2,1H3/t19-/m1/s1. The SMILES string of the molecule is CS(=O)(=O)N1CC=C(c2cc3c(cn2)O[C@@H](C2CCN(c4cnc(C(F)(F)F)cn4)CC2)C3)CC1. The molecule has 2 aromatic rings. The molecule has 0 amide bonds. The van der Waals surface area contributed by atoms with Gasteiger partial charge in [0.1, 0.15) is 17.7 Å². The minimum absolute atomic E-state index is 0.0314. The summed E-state index contributed by atoms with van der Waals surface area (Å²) < 4.78 is 69.3. The number of piperidine rings is 1. The summed E-state index contributed by atoms with van der Waals surface area (Å²) in [5, 5.41) is 0. The summed E-state index contributed by atoms with van der Waals surface area (Å²) in [6, 6.07) is 2.05. The lowest BCUT2D eigenvalue weighted by Crippen LogP contribution is -2.39. The number of fused-ring (bicyclic) bond motifs is 1. The van der Waals surface area contributed by atoms with E-state index in [9.17, 15) is 21.6 Å². The molecule has 3 aliphatic heterocycles. The summed E-state index contributed by atoms with van der Waals surface area (Å²) >= 11 is 0. The molecule has 2 aromatic heterocycles. The molecule has 0 bridgehead atoms. The quantitative estimate of drug-likeness (QED) is 0.626. The first-order valence-electron chi connectivity index (χ1n) is 11.5. The van der Waals surface area contributed by atoms with E-state index in [-0.39, 0.29) is 6.10 Å². The molecule has 1 saturated heterocycles. The average Bonchev–Trinajstić information content (AvgIpc) is 3.27. The van der Waals surface area contributed by atoms with Crippen molar-refractivity contribution in [2.45, 2.75) is 38.0 Å². The summed E-state index contributed by atoms with van der Waals surface area (Å²) in [6.45, 7) is 2.15. The smallest absolute Gasteiger partial charge is 0.434 e. The first-order valence-corrected chi connectivity index (χ1v) is 13.4. The van der Waals surface area contributed by atoms with Crippen molar-refractivity contribution in [1.82, 2.24) is 19.3 Å². The van der Waals surface area contributed by atoms with Crippen molar-refractivity contribution in [3.05, 3.63) is 47.7 Å². The van der Waals surface area contributed by atoms with Gasteiger partial charge in [0.15, 0.2) is 5.69 Å². The highest BCUT2D eigenvalue weighted by Crippen LogP contribution is 2.37. The van der Waals surface area contributed by atoms with Crippen molar-refractivity contribution in [2.75, 3.05) is 37.3 Å². The Bertz CT molecular complexity index is 1230. The second kappa shape index (κ2) is 9.05. The van der Waals surface area contributed by atoms with Gasteiger partial charge >= 0.3 is 6.18 Å². The van der Waals surface area contributed by atoms with Crippen LogP contribution in [0.25, 0.3) is 5.57 Å². The number of rotatable bonds is 4. The zero-order chi connectivity index (χ0) is 24.8. The first kappa shape index (κ1) is 24.0. The average molecular weight is 510 g/mol. The van der Waals surface area contributed by atoms with Crippen LogP contribution in [0.5, 0.6) is 5.75 Å². The zero-order valence-electron chi connectivity index (χ0n) is 19.2. The van der Waals surface area contributed by atoms with Crippen LogP contribution in [0.3, 0.4) is 0 Å². The van der Waals surface area contributed by atoms with Gasteiger partial charge in [-0.15, -0.1) is 0 Å². The Kier molecular flexibility index (Phi) is 6.20. The Labute approximate surface area is 201 Å². The first-order chi connectivity index (χ1) is 16.6. The van der Waals surface area contributed by atoms with Crippen LogP contribution in [0, 0.1) is 5.92 Å². The number of aromatic nitrogens is 3. The highest BCUT2D eigenvalue weighted by molar-refractivity contribution is 7.88. The fourth-order valence-electron chi connectivity index (χ4n) is 4.93. The molecule has 0 radical (unpaired) electrons. The predicted octanol–water partition coefficient (Wildman–Crippen LogP) is 3.16. The molecule has 1 fully saturated rings. The Morgan fingerprint density at radius 1 is 1.06 bits per heavy atom. The summed E-state index contributed by atoms with van der Waals surface area (Å²) in [6.07, 6.45) is 5.48. The lowest BCUT2D eigenvalue weighted by molar-refractivity contribution is -0.141. The van der Waals surface area contributed by atoms with E-state index in [1.807, 2.05) is 17.0 Å². The molecule has 12 heteroatoms. The maximum absolute atomic E-state index is 12.7. The molecule has 188 valence electrons. The number of alkyl halides is 3. The van der Waals surface area contributed by atoms with Crippen LogP contribution in [0.1, 0.15) is 36.2 Å². The van der Waals surface area contributed by atoms with Gasteiger partial charge in [0, 0.05) is 38.2 Å². The molecule has 0 aromatic carbocycles. The molecule has 3 aliphatic rings. The van der Waals surface area contributed by atoms with E-state index in [0.29, 0.717) is 44.3 Å². The van der Waals surface area contributed by atoms with Crippen molar-refractivity contribution in [1.29, 1.82) is 0 Å². The van der Waals surface area contributed by atoms with Gasteiger partial charge in [-0.2, -0.15) is 17.5 Å². The van der Waals surface area contributed by atoms with E-state index in [1.165, 1.54) is 16.8 Å². The summed E-state index contributed by atoms with van der Waals surface area (Å²) in [7, 11) is -3.20. The maximum Gasteiger partial charge on any atom is 0.434 e. The molecule has 35 heavy (non-hydrogen) atoms. The molecule has 8 nitrogen and oxygen atoms in total. The van der Waals surface area contributed by atoms with Gasteiger partial charge in [-0.25, -0.2) is 18.4 Å². The van der Waals surface area contributed by atoms with Crippen LogP contribution in [0.2, 0.25) is 0 Å². The highest BCUT2D eigenvalue weighted by atomic mass is 32.2. The highest BCUT2D eigenvalue weighted by Gasteiger charge is 2.35. The third kappa shape index (κ3) is 5.13. The Morgan fingerprint density at radius 2 is 1.83 bits per heavy atom. The van der Waals surface area contributed by atoms with Crippen LogP contribution in [-0.4, -0.2) is 66.2 Å². The number of anilines is 1. The minimum Gasteiger partial charge on any atom is -0.488 e. The molecule has 0 aliphatic carbocycles. The predicted molar refractivity (Wildman–Crippen MR) is 123 cm³/mol. The third-order valence-corrected chi connectivity index (χ3v) is 8.21. The number of hydrogen-bond donors (Lipinski definition) is 0. The second-order valence-electron chi connectivity index (χ2n) is 9.22. The van der Waals surface area contributed by atoms with E-state index >= 15 is 0 Å². The Hall–Kier alpha value is -2.73.